The first-order valence-corrected chi connectivity index (χ1v) is 13.0. The summed E-state index contributed by atoms with van der Waals surface area (Å²) in [5.74, 6) is 1.40. The molecule has 0 atom stereocenters. The van der Waals surface area contributed by atoms with Crippen molar-refractivity contribution in [2.45, 2.75) is 39.7 Å². The van der Waals surface area contributed by atoms with Crippen LogP contribution in [-0.2, 0) is 0 Å². The van der Waals surface area contributed by atoms with E-state index in [1.54, 1.807) is 35.3 Å². The average molecular weight is 540 g/mol. The fraction of sp³-hybridized carbons (Fsp3) is 0.200. The molecule has 0 radical (unpaired) electrons. The number of anilines is 3. The van der Waals surface area contributed by atoms with E-state index >= 15 is 0 Å². The van der Waals surface area contributed by atoms with Gasteiger partial charge in [-0.3, -0.25) is 10.3 Å². The molecule has 2 amide bonds. The van der Waals surface area contributed by atoms with Crippen LogP contribution in [0.5, 0.6) is 11.5 Å². The second-order valence-electron chi connectivity index (χ2n) is 9.90. The lowest BCUT2D eigenvalue weighted by atomic mass is 10.1. The molecule has 0 saturated heterocycles. The third kappa shape index (κ3) is 6.17. The van der Waals surface area contributed by atoms with Crippen molar-refractivity contribution in [1.29, 1.82) is 0 Å². The molecule has 5 aromatic rings. The van der Waals surface area contributed by atoms with Gasteiger partial charge in [0, 0.05) is 42.0 Å². The first-order chi connectivity index (χ1) is 19.2. The molecule has 0 bridgehead atoms. The minimum atomic E-state index is -0.638. The minimum absolute atomic E-state index is 0.00803. The number of nitrogens with one attached hydrogen (secondary N) is 3. The van der Waals surface area contributed by atoms with Crippen LogP contribution in [0.1, 0.15) is 39.3 Å². The lowest BCUT2D eigenvalue weighted by Gasteiger charge is -2.13. The number of carbonyl (C=O) groups is 1. The highest BCUT2D eigenvalue weighted by atomic mass is 19.1. The molecule has 3 aromatic heterocycles. The quantitative estimate of drug-likeness (QED) is 0.191. The summed E-state index contributed by atoms with van der Waals surface area (Å²) < 4.78 is 22.4. The van der Waals surface area contributed by atoms with Gasteiger partial charge in [0.15, 0.2) is 0 Å². The zero-order chi connectivity index (χ0) is 28.2. The number of halogens is 1. The third-order valence-corrected chi connectivity index (χ3v) is 5.98. The molecule has 3 heterocycles. The van der Waals surface area contributed by atoms with Crippen LogP contribution >= 0.6 is 0 Å². The Balaban J connectivity index is 1.31. The topological polar surface area (TPSA) is 106 Å². The van der Waals surface area contributed by atoms with E-state index in [-0.39, 0.29) is 23.4 Å². The Morgan fingerprint density at radius 1 is 0.900 bits per heavy atom. The second kappa shape index (κ2) is 11.4. The molecule has 0 aliphatic carbocycles. The molecule has 0 unspecified atom stereocenters. The van der Waals surface area contributed by atoms with Gasteiger partial charge in [-0.15, -0.1) is 0 Å². The number of urea groups is 1. The Labute approximate surface area is 231 Å². The van der Waals surface area contributed by atoms with Gasteiger partial charge < -0.3 is 15.4 Å². The van der Waals surface area contributed by atoms with Crippen LogP contribution in [0.2, 0.25) is 0 Å². The maximum Gasteiger partial charge on any atom is 0.324 e. The van der Waals surface area contributed by atoms with Crippen molar-refractivity contribution in [3.8, 4) is 17.2 Å². The van der Waals surface area contributed by atoms with E-state index in [1.807, 2.05) is 64.1 Å². The van der Waals surface area contributed by atoms with E-state index in [0.29, 0.717) is 17.4 Å². The molecular weight excluding hydrogens is 509 g/mol. The number of hydrogen-bond acceptors (Lipinski definition) is 6. The van der Waals surface area contributed by atoms with Gasteiger partial charge in [-0.1, -0.05) is 19.9 Å². The molecule has 40 heavy (non-hydrogen) atoms. The largest absolute Gasteiger partial charge is 0.457 e. The SMILES string of the molecule is CC(C)Nc1cc(Oc2ccc(NC(=O)Nc3cc(C(C)C)nn3-c3ccc4ncccc4c3)c(F)c2)ccn1. The molecule has 2 aromatic carbocycles. The van der Waals surface area contributed by atoms with Crippen LogP contribution in [0.25, 0.3) is 16.6 Å². The summed E-state index contributed by atoms with van der Waals surface area (Å²) in [5, 5.41) is 14.2. The van der Waals surface area contributed by atoms with Crippen LogP contribution in [-0.4, -0.2) is 31.8 Å². The summed E-state index contributed by atoms with van der Waals surface area (Å²) in [7, 11) is 0. The number of rotatable bonds is 8. The fourth-order valence-corrected chi connectivity index (χ4v) is 4.08. The van der Waals surface area contributed by atoms with E-state index in [1.165, 1.54) is 12.1 Å². The predicted molar refractivity (Wildman–Crippen MR) is 155 cm³/mol. The van der Waals surface area contributed by atoms with Crippen molar-refractivity contribution >= 4 is 34.3 Å². The number of carbonyl (C=O) groups excluding carboxylic acids is 1. The van der Waals surface area contributed by atoms with E-state index in [0.717, 1.165) is 22.3 Å². The Bertz CT molecular complexity index is 1670. The molecule has 0 spiro atoms. The van der Waals surface area contributed by atoms with Crippen LogP contribution in [0.3, 0.4) is 0 Å². The number of pyridine rings is 2. The van der Waals surface area contributed by atoms with E-state index in [9.17, 15) is 9.18 Å². The molecular formula is C30H30FN7O2. The lowest BCUT2D eigenvalue weighted by Crippen LogP contribution is -2.22. The van der Waals surface area contributed by atoms with Crippen molar-refractivity contribution in [3.63, 3.8) is 0 Å². The van der Waals surface area contributed by atoms with Crippen molar-refractivity contribution in [3.05, 3.63) is 90.6 Å². The highest BCUT2D eigenvalue weighted by Gasteiger charge is 2.16. The number of fused-ring (bicyclic) bond motifs is 1. The average Bonchev–Trinajstić information content (AvgIpc) is 3.34. The summed E-state index contributed by atoms with van der Waals surface area (Å²) in [4.78, 5) is 21.5. The summed E-state index contributed by atoms with van der Waals surface area (Å²) in [6.07, 6.45) is 3.35. The van der Waals surface area contributed by atoms with Crippen molar-refractivity contribution in [1.82, 2.24) is 19.7 Å². The summed E-state index contributed by atoms with van der Waals surface area (Å²) >= 11 is 0. The van der Waals surface area contributed by atoms with Gasteiger partial charge >= 0.3 is 6.03 Å². The van der Waals surface area contributed by atoms with Gasteiger partial charge in [-0.05, 0) is 62.2 Å². The van der Waals surface area contributed by atoms with Crippen LogP contribution in [0, 0.1) is 5.82 Å². The van der Waals surface area contributed by atoms with Gasteiger partial charge in [-0.2, -0.15) is 5.10 Å². The lowest BCUT2D eigenvalue weighted by molar-refractivity contribution is 0.262. The Morgan fingerprint density at radius 3 is 2.50 bits per heavy atom. The monoisotopic (exact) mass is 539 g/mol. The smallest absolute Gasteiger partial charge is 0.324 e. The van der Waals surface area contributed by atoms with Gasteiger partial charge in [0.2, 0.25) is 0 Å². The first kappa shape index (κ1) is 26.6. The highest BCUT2D eigenvalue weighted by molar-refractivity contribution is 5.99. The summed E-state index contributed by atoms with van der Waals surface area (Å²) in [6, 6.07) is 18.6. The Kier molecular flexibility index (Phi) is 7.59. The van der Waals surface area contributed by atoms with Gasteiger partial charge in [0.05, 0.1) is 22.6 Å². The zero-order valence-electron chi connectivity index (χ0n) is 22.6. The second-order valence-corrected chi connectivity index (χ2v) is 9.90. The zero-order valence-corrected chi connectivity index (χ0v) is 22.6. The summed E-state index contributed by atoms with van der Waals surface area (Å²) in [6.45, 7) is 8.05. The molecule has 0 fully saturated rings. The fourth-order valence-electron chi connectivity index (χ4n) is 4.08. The van der Waals surface area contributed by atoms with Crippen molar-refractivity contribution in [2.75, 3.05) is 16.0 Å². The van der Waals surface area contributed by atoms with Crippen LogP contribution < -0.4 is 20.7 Å². The molecule has 10 heteroatoms. The van der Waals surface area contributed by atoms with Crippen LogP contribution in [0.15, 0.2) is 79.1 Å². The number of benzene rings is 2. The molecule has 204 valence electrons. The van der Waals surface area contributed by atoms with Crippen molar-refractivity contribution < 1.29 is 13.9 Å². The minimum Gasteiger partial charge on any atom is -0.457 e. The van der Waals surface area contributed by atoms with Crippen LogP contribution in [0.4, 0.5) is 26.5 Å². The Hall–Kier alpha value is -4.99. The molecule has 9 nitrogen and oxygen atoms in total. The molecule has 5 rings (SSSR count). The van der Waals surface area contributed by atoms with E-state index < -0.39 is 11.8 Å². The summed E-state index contributed by atoms with van der Waals surface area (Å²) in [5.41, 5.74) is 2.43. The number of nitrogens with zero attached hydrogens (tertiary/aromatic N) is 4. The number of amides is 2. The number of ether oxygens (including phenoxy) is 1. The normalized spacial score (nSPS) is 11.2. The predicted octanol–water partition coefficient (Wildman–Crippen LogP) is 7.33. The third-order valence-electron chi connectivity index (χ3n) is 5.98. The molecule has 0 aliphatic rings. The molecule has 0 aliphatic heterocycles. The maximum absolute atomic E-state index is 14.9. The Morgan fingerprint density at radius 2 is 1.73 bits per heavy atom. The highest BCUT2D eigenvalue weighted by Crippen LogP contribution is 2.28. The van der Waals surface area contributed by atoms with Crippen molar-refractivity contribution in [2.24, 2.45) is 0 Å². The standard InChI is InChI=1S/C30H30FN7O2/c1-18(2)27-17-29(38(37-27)21-7-9-25-20(14-21)6-5-12-32-25)36-30(39)35-26-10-8-22(15-24(26)31)40-23-11-13-33-28(16-23)34-19(3)4/h5-19H,1-4H3,(H,33,34)(H2,35,36,39). The molecule has 3 N–H and O–H groups in total. The number of hydrogen-bond donors (Lipinski definition) is 3. The van der Waals surface area contributed by atoms with Gasteiger partial charge in [0.1, 0.15) is 29.0 Å². The first-order valence-electron chi connectivity index (χ1n) is 13.0. The van der Waals surface area contributed by atoms with E-state index in [4.69, 9.17) is 9.84 Å². The van der Waals surface area contributed by atoms with Gasteiger partial charge in [-0.25, -0.2) is 18.9 Å². The van der Waals surface area contributed by atoms with Gasteiger partial charge in [0.25, 0.3) is 0 Å². The molecule has 0 saturated carbocycles. The maximum atomic E-state index is 14.9. The van der Waals surface area contributed by atoms with E-state index in [2.05, 4.69) is 25.9 Å². The number of aromatic nitrogens is 4.